The van der Waals surface area contributed by atoms with Crippen molar-refractivity contribution in [2.75, 3.05) is 27.3 Å². The number of nitrogens with one attached hydrogen (secondary N) is 1. The summed E-state index contributed by atoms with van der Waals surface area (Å²) < 4.78 is 10.0. The number of rotatable bonds is 9. The zero-order valence-corrected chi connectivity index (χ0v) is 12.0. The molecule has 0 aliphatic rings. The van der Waals surface area contributed by atoms with Gasteiger partial charge in [0.25, 0.3) is 0 Å². The van der Waals surface area contributed by atoms with Crippen LogP contribution in [0.15, 0.2) is 0 Å². The number of hydrogen-bond donors (Lipinski definition) is 1. The summed E-state index contributed by atoms with van der Waals surface area (Å²) in [5.74, 6) is -0.152. The van der Waals surface area contributed by atoms with Crippen LogP contribution in [0, 0.1) is 0 Å². The molecule has 0 spiro atoms. The van der Waals surface area contributed by atoms with Gasteiger partial charge in [-0.25, -0.2) is 0 Å². The Kier molecular flexibility index (Phi) is 8.51. The van der Waals surface area contributed by atoms with Crippen LogP contribution in [0.2, 0.25) is 19.1 Å². The largest absolute Gasteiger partial charge is 0.469 e. The molecule has 0 fully saturated rings. The predicted molar refractivity (Wildman–Crippen MR) is 68.0 cm³/mol. The van der Waals surface area contributed by atoms with Crippen molar-refractivity contribution < 1.29 is 14.0 Å². The summed E-state index contributed by atoms with van der Waals surface area (Å²) in [5, 5.41) is 3.23. The van der Waals surface area contributed by atoms with Gasteiger partial charge in [-0.05, 0) is 32.1 Å². The fourth-order valence-electron chi connectivity index (χ4n) is 1.32. The van der Waals surface area contributed by atoms with Crippen LogP contribution in [0.25, 0.3) is 0 Å². The molecule has 0 rings (SSSR count). The van der Waals surface area contributed by atoms with Crippen molar-refractivity contribution in [2.24, 2.45) is 0 Å². The smallest absolute Gasteiger partial charge is 0.306 e. The fourth-order valence-corrected chi connectivity index (χ4v) is 2.63. The molecule has 5 heteroatoms. The highest BCUT2D eigenvalue weighted by Crippen LogP contribution is 2.13. The third-order valence-electron chi connectivity index (χ3n) is 2.67. The van der Waals surface area contributed by atoms with Crippen LogP contribution in [-0.4, -0.2) is 41.6 Å². The summed E-state index contributed by atoms with van der Waals surface area (Å²) in [6.07, 6.45) is 2.79. The van der Waals surface area contributed by atoms with Gasteiger partial charge in [0.1, 0.15) is 0 Å². The van der Waals surface area contributed by atoms with E-state index in [0.29, 0.717) is 13.0 Å². The second-order valence-corrected chi connectivity index (χ2v) is 8.92. The first-order valence-electron chi connectivity index (χ1n) is 5.84. The Morgan fingerprint density at radius 2 is 1.88 bits per heavy atom. The maximum Gasteiger partial charge on any atom is 0.306 e. The molecule has 0 amide bonds. The van der Waals surface area contributed by atoms with Crippen molar-refractivity contribution in [2.45, 2.75) is 38.4 Å². The van der Waals surface area contributed by atoms with Crippen molar-refractivity contribution in [1.82, 2.24) is 5.32 Å². The number of carbonyl (C=O) groups is 1. The van der Waals surface area contributed by atoms with E-state index in [1.54, 1.807) is 7.11 Å². The molecule has 0 saturated heterocycles. The van der Waals surface area contributed by atoms with Crippen molar-refractivity contribution in [3.63, 3.8) is 0 Å². The van der Waals surface area contributed by atoms with Crippen molar-refractivity contribution in [3.05, 3.63) is 0 Å². The second kappa shape index (κ2) is 8.72. The number of hydrogen-bond acceptors (Lipinski definition) is 4. The van der Waals surface area contributed by atoms with E-state index < -0.39 is 8.32 Å². The van der Waals surface area contributed by atoms with Gasteiger partial charge in [0.2, 0.25) is 0 Å². The summed E-state index contributed by atoms with van der Waals surface area (Å²) in [6.45, 7) is 6.14. The highest BCUT2D eigenvalue weighted by atomic mass is 28.4. The third kappa shape index (κ3) is 8.88. The Balaban J connectivity index is 3.25. The second-order valence-electron chi connectivity index (χ2n) is 4.50. The molecule has 0 aliphatic heterocycles. The van der Waals surface area contributed by atoms with Gasteiger partial charge in [-0.1, -0.05) is 6.42 Å². The number of esters is 1. The number of unbranched alkanes of at least 4 members (excludes halogenated alkanes) is 1. The minimum absolute atomic E-state index is 0.152. The van der Waals surface area contributed by atoms with E-state index in [1.165, 1.54) is 19.6 Å². The van der Waals surface area contributed by atoms with Gasteiger partial charge in [0, 0.05) is 13.7 Å². The molecule has 0 saturated carbocycles. The summed E-state index contributed by atoms with van der Waals surface area (Å²) >= 11 is 0. The first kappa shape index (κ1) is 15.6. The quantitative estimate of drug-likeness (QED) is 0.383. The molecule has 0 heterocycles. The van der Waals surface area contributed by atoms with Crippen LogP contribution in [0.1, 0.15) is 19.3 Å². The normalized spacial score (nSPS) is 11.5. The first-order chi connectivity index (χ1) is 7.52. The molecule has 0 aromatic rings. The average molecular weight is 247 g/mol. The molecule has 0 aromatic carbocycles. The Hall–Kier alpha value is -0.393. The summed E-state index contributed by atoms with van der Waals surface area (Å²) in [4.78, 5) is 10.8. The zero-order valence-electron chi connectivity index (χ0n) is 11.0. The third-order valence-corrected chi connectivity index (χ3v) is 5.33. The summed E-state index contributed by atoms with van der Waals surface area (Å²) in [5.41, 5.74) is 0. The lowest BCUT2D eigenvalue weighted by Crippen LogP contribution is -2.28. The predicted octanol–water partition coefficient (Wildman–Crippen LogP) is 1.77. The van der Waals surface area contributed by atoms with Gasteiger partial charge in [-0.3, -0.25) is 4.79 Å². The lowest BCUT2D eigenvalue weighted by atomic mass is 10.3. The Bertz CT molecular complexity index is 198. The minimum atomic E-state index is -1.37. The average Bonchev–Trinajstić information content (AvgIpc) is 2.27. The first-order valence-corrected chi connectivity index (χ1v) is 8.96. The lowest BCUT2D eigenvalue weighted by Gasteiger charge is -2.19. The number of carbonyl (C=O) groups excluding carboxylic acids is 1. The van der Waals surface area contributed by atoms with Crippen molar-refractivity contribution >= 4 is 14.3 Å². The van der Waals surface area contributed by atoms with Gasteiger partial charge in [0.05, 0.1) is 13.5 Å². The SMILES string of the molecule is COC(=O)CCNCCCC[Si](C)(C)OC. The Morgan fingerprint density at radius 3 is 2.44 bits per heavy atom. The highest BCUT2D eigenvalue weighted by molar-refractivity contribution is 6.71. The van der Waals surface area contributed by atoms with Gasteiger partial charge in [0.15, 0.2) is 8.32 Å². The maximum absolute atomic E-state index is 10.8. The Labute approximate surface area is 99.8 Å². The molecule has 1 N–H and O–H groups in total. The molecule has 0 aromatic heterocycles. The number of methoxy groups -OCH3 is 1. The molecule has 0 radical (unpaired) electrons. The van der Waals surface area contributed by atoms with E-state index in [4.69, 9.17) is 4.43 Å². The van der Waals surface area contributed by atoms with Gasteiger partial charge in [-0.15, -0.1) is 0 Å². The lowest BCUT2D eigenvalue weighted by molar-refractivity contribution is -0.140. The van der Waals surface area contributed by atoms with Crippen LogP contribution >= 0.6 is 0 Å². The standard InChI is InChI=1S/C11H25NO3Si/c1-14-11(13)7-9-12-8-5-6-10-16(3,4)15-2/h12H,5-10H2,1-4H3. The van der Waals surface area contributed by atoms with Crippen LogP contribution in [-0.2, 0) is 14.0 Å². The van der Waals surface area contributed by atoms with E-state index in [-0.39, 0.29) is 5.97 Å². The van der Waals surface area contributed by atoms with E-state index in [1.807, 2.05) is 0 Å². The highest BCUT2D eigenvalue weighted by Gasteiger charge is 2.18. The monoisotopic (exact) mass is 247 g/mol. The van der Waals surface area contributed by atoms with Crippen molar-refractivity contribution in [1.29, 1.82) is 0 Å². The molecular formula is C11H25NO3Si. The van der Waals surface area contributed by atoms with Gasteiger partial charge >= 0.3 is 5.97 Å². The molecule has 0 bridgehead atoms. The van der Waals surface area contributed by atoms with Crippen LogP contribution in [0.5, 0.6) is 0 Å². The minimum Gasteiger partial charge on any atom is -0.469 e. The molecule has 0 atom stereocenters. The van der Waals surface area contributed by atoms with Crippen LogP contribution < -0.4 is 5.32 Å². The van der Waals surface area contributed by atoms with E-state index in [2.05, 4.69) is 23.1 Å². The van der Waals surface area contributed by atoms with E-state index in [9.17, 15) is 4.79 Å². The summed E-state index contributed by atoms with van der Waals surface area (Å²) in [6, 6.07) is 1.20. The number of ether oxygens (including phenoxy) is 1. The molecule has 96 valence electrons. The van der Waals surface area contributed by atoms with Gasteiger partial charge < -0.3 is 14.5 Å². The van der Waals surface area contributed by atoms with E-state index >= 15 is 0 Å². The Morgan fingerprint density at radius 1 is 1.19 bits per heavy atom. The summed E-state index contributed by atoms with van der Waals surface area (Å²) in [7, 11) is 1.85. The molecule has 0 unspecified atom stereocenters. The molecule has 0 aliphatic carbocycles. The molecule has 4 nitrogen and oxygen atoms in total. The van der Waals surface area contributed by atoms with Gasteiger partial charge in [-0.2, -0.15) is 0 Å². The fraction of sp³-hybridized carbons (Fsp3) is 0.909. The van der Waals surface area contributed by atoms with Crippen LogP contribution in [0.4, 0.5) is 0 Å². The molecular weight excluding hydrogens is 222 g/mol. The van der Waals surface area contributed by atoms with E-state index in [0.717, 1.165) is 13.0 Å². The molecule has 16 heavy (non-hydrogen) atoms. The van der Waals surface area contributed by atoms with Crippen LogP contribution in [0.3, 0.4) is 0 Å². The zero-order chi connectivity index (χ0) is 12.4. The van der Waals surface area contributed by atoms with Crippen molar-refractivity contribution in [3.8, 4) is 0 Å². The maximum atomic E-state index is 10.8. The topological polar surface area (TPSA) is 47.6 Å².